The highest BCUT2D eigenvalue weighted by Crippen LogP contribution is 2.37. The maximum Gasteiger partial charge on any atom is 0.331 e. The topological polar surface area (TPSA) is 84.7 Å². The molecule has 4 rings (SSSR count). The van der Waals surface area contributed by atoms with Gasteiger partial charge in [-0.15, -0.1) is 0 Å². The minimum Gasteiger partial charge on any atom is -0.467 e. The van der Waals surface area contributed by atoms with E-state index < -0.39 is 5.54 Å². The number of ether oxygens (including phenoxy) is 1. The Balaban J connectivity index is 1.39. The van der Waals surface area contributed by atoms with E-state index >= 15 is 0 Å². The van der Waals surface area contributed by atoms with Crippen molar-refractivity contribution >= 4 is 40.6 Å². The summed E-state index contributed by atoms with van der Waals surface area (Å²) in [5, 5.41) is 3.47. The number of rotatable bonds is 5. The zero-order chi connectivity index (χ0) is 19.0. The van der Waals surface area contributed by atoms with Crippen molar-refractivity contribution in [3.63, 3.8) is 0 Å². The Labute approximate surface area is 162 Å². The van der Waals surface area contributed by atoms with Crippen molar-refractivity contribution < 1.29 is 18.7 Å². The molecule has 2 heterocycles. The third-order valence-electron chi connectivity index (χ3n) is 5.31. The highest BCUT2D eigenvalue weighted by Gasteiger charge is 2.52. The molecule has 7 nitrogen and oxygen atoms in total. The number of hydrogen-bond donors (Lipinski definition) is 1. The summed E-state index contributed by atoms with van der Waals surface area (Å²) in [4.78, 5) is 30.8. The van der Waals surface area contributed by atoms with Crippen LogP contribution in [0.2, 0.25) is 5.02 Å². The Hall–Kier alpha value is -2.28. The summed E-state index contributed by atoms with van der Waals surface area (Å²) in [7, 11) is 1.35. The van der Waals surface area contributed by atoms with Gasteiger partial charge in [0.2, 0.25) is 5.91 Å². The summed E-state index contributed by atoms with van der Waals surface area (Å²) < 4.78 is 10.6. The lowest BCUT2D eigenvalue weighted by molar-refractivity contribution is -0.146. The van der Waals surface area contributed by atoms with E-state index in [1.165, 1.54) is 7.11 Å². The van der Waals surface area contributed by atoms with Crippen LogP contribution in [-0.4, -0.2) is 42.6 Å². The number of carbonyl (C=O) groups excluding carboxylic acids is 2. The van der Waals surface area contributed by atoms with Gasteiger partial charge in [-0.25, -0.2) is 4.79 Å². The standard InChI is InChI=1S/C19H22ClN3O4/c1-26-17(25)19(6-7-19)22-16(24)9-12-3-2-8-23(11-12)18-21-14-5-4-13(20)10-15(14)27-18/h4-5,10,12H,2-3,6-9,11H2,1H3,(H,22,24). The first-order chi connectivity index (χ1) is 13.0. The number of carbonyl (C=O) groups is 2. The number of piperidine rings is 1. The van der Waals surface area contributed by atoms with Crippen molar-refractivity contribution in [3.8, 4) is 0 Å². The van der Waals surface area contributed by atoms with Gasteiger partial charge in [0.1, 0.15) is 11.1 Å². The molecule has 0 spiro atoms. The fourth-order valence-corrected chi connectivity index (χ4v) is 3.87. The number of oxazole rings is 1. The average Bonchev–Trinajstić information content (AvgIpc) is 3.30. The van der Waals surface area contributed by atoms with Gasteiger partial charge < -0.3 is 19.4 Å². The molecule has 0 radical (unpaired) electrons. The Bertz CT molecular complexity index is 877. The summed E-state index contributed by atoms with van der Waals surface area (Å²) in [5.74, 6) is -0.272. The van der Waals surface area contributed by atoms with E-state index in [0.29, 0.717) is 42.4 Å². The summed E-state index contributed by atoms with van der Waals surface area (Å²) >= 11 is 6.01. The third kappa shape index (κ3) is 3.74. The van der Waals surface area contributed by atoms with Crippen LogP contribution in [0.1, 0.15) is 32.1 Å². The lowest BCUT2D eigenvalue weighted by atomic mass is 9.94. The lowest BCUT2D eigenvalue weighted by Crippen LogP contribution is -2.45. The Morgan fingerprint density at radius 1 is 1.44 bits per heavy atom. The minimum absolute atomic E-state index is 0.103. The van der Waals surface area contributed by atoms with Gasteiger partial charge in [-0.3, -0.25) is 4.79 Å². The monoisotopic (exact) mass is 391 g/mol. The van der Waals surface area contributed by atoms with Crippen LogP contribution >= 0.6 is 11.6 Å². The second-order valence-electron chi connectivity index (χ2n) is 7.39. The van der Waals surface area contributed by atoms with Gasteiger partial charge in [0, 0.05) is 30.6 Å². The van der Waals surface area contributed by atoms with Crippen LogP contribution in [0.5, 0.6) is 0 Å². The van der Waals surface area contributed by atoms with Crippen molar-refractivity contribution in [2.75, 3.05) is 25.1 Å². The van der Waals surface area contributed by atoms with Gasteiger partial charge in [-0.05, 0) is 43.7 Å². The molecule has 1 N–H and O–H groups in total. The van der Waals surface area contributed by atoms with E-state index in [1.807, 2.05) is 6.07 Å². The SMILES string of the molecule is COC(=O)C1(NC(=O)CC2CCCN(c3nc4ccc(Cl)cc4o3)C2)CC1. The molecule has 27 heavy (non-hydrogen) atoms. The highest BCUT2D eigenvalue weighted by atomic mass is 35.5. The molecular formula is C19H22ClN3O4. The summed E-state index contributed by atoms with van der Waals surface area (Å²) in [6.07, 6.45) is 3.59. The molecule has 1 unspecified atom stereocenters. The van der Waals surface area contributed by atoms with Crippen LogP contribution in [0, 0.1) is 5.92 Å². The van der Waals surface area contributed by atoms with Crippen LogP contribution in [-0.2, 0) is 14.3 Å². The number of benzene rings is 1. The number of aromatic nitrogens is 1. The van der Waals surface area contributed by atoms with Gasteiger partial charge in [0.05, 0.1) is 7.11 Å². The van der Waals surface area contributed by atoms with E-state index in [0.717, 1.165) is 24.9 Å². The molecular weight excluding hydrogens is 370 g/mol. The summed E-state index contributed by atoms with van der Waals surface area (Å²) in [6, 6.07) is 5.94. The average molecular weight is 392 g/mol. The van der Waals surface area contributed by atoms with Crippen molar-refractivity contribution in [2.45, 2.75) is 37.6 Å². The fourth-order valence-electron chi connectivity index (χ4n) is 3.71. The first kappa shape index (κ1) is 18.1. The third-order valence-corrected chi connectivity index (χ3v) is 5.54. The molecule has 8 heteroatoms. The van der Waals surface area contributed by atoms with Gasteiger partial charge >= 0.3 is 5.97 Å². The molecule has 1 amide bonds. The molecule has 144 valence electrons. The van der Waals surface area contributed by atoms with Crippen LogP contribution in [0.25, 0.3) is 11.1 Å². The van der Waals surface area contributed by atoms with Gasteiger partial charge in [-0.2, -0.15) is 4.98 Å². The van der Waals surface area contributed by atoms with Crippen molar-refractivity contribution in [1.29, 1.82) is 0 Å². The van der Waals surface area contributed by atoms with Crippen molar-refractivity contribution in [2.24, 2.45) is 5.92 Å². The number of nitrogens with one attached hydrogen (secondary N) is 1. The van der Waals surface area contributed by atoms with E-state index in [9.17, 15) is 9.59 Å². The number of anilines is 1. The molecule has 2 fully saturated rings. The Morgan fingerprint density at radius 3 is 3.00 bits per heavy atom. The maximum atomic E-state index is 12.4. The van der Waals surface area contributed by atoms with E-state index in [1.54, 1.807) is 12.1 Å². The fraction of sp³-hybridized carbons (Fsp3) is 0.526. The van der Waals surface area contributed by atoms with Gasteiger partial charge in [0.25, 0.3) is 6.01 Å². The maximum absolute atomic E-state index is 12.4. The van der Waals surface area contributed by atoms with Crippen molar-refractivity contribution in [1.82, 2.24) is 10.3 Å². The molecule has 2 aliphatic rings. The number of nitrogens with zero attached hydrogens (tertiary/aromatic N) is 2. The predicted octanol–water partition coefficient (Wildman–Crippen LogP) is 2.91. The van der Waals surface area contributed by atoms with Crippen LogP contribution in [0.15, 0.2) is 22.6 Å². The zero-order valence-electron chi connectivity index (χ0n) is 15.2. The number of halogens is 1. The summed E-state index contributed by atoms with van der Waals surface area (Å²) in [6.45, 7) is 1.53. The number of esters is 1. The van der Waals surface area contributed by atoms with Gasteiger partial charge in [0.15, 0.2) is 5.58 Å². The normalized spacial score (nSPS) is 21.1. The Kier molecular flexibility index (Phi) is 4.72. The van der Waals surface area contributed by atoms with Crippen LogP contribution in [0.3, 0.4) is 0 Å². The predicted molar refractivity (Wildman–Crippen MR) is 101 cm³/mol. The molecule has 1 atom stereocenters. The molecule has 1 aliphatic heterocycles. The molecule has 1 aliphatic carbocycles. The number of hydrogen-bond acceptors (Lipinski definition) is 6. The van der Waals surface area contributed by atoms with E-state index in [2.05, 4.69) is 15.2 Å². The van der Waals surface area contributed by atoms with Crippen LogP contribution < -0.4 is 10.2 Å². The first-order valence-electron chi connectivity index (χ1n) is 9.19. The molecule has 1 saturated carbocycles. The molecule has 1 aromatic heterocycles. The molecule has 1 saturated heterocycles. The second kappa shape index (κ2) is 7.03. The smallest absolute Gasteiger partial charge is 0.331 e. The molecule has 1 aromatic carbocycles. The first-order valence-corrected chi connectivity index (χ1v) is 9.57. The summed E-state index contributed by atoms with van der Waals surface area (Å²) in [5.41, 5.74) is 0.633. The molecule has 0 bridgehead atoms. The largest absolute Gasteiger partial charge is 0.467 e. The number of methoxy groups -OCH3 is 1. The van der Waals surface area contributed by atoms with E-state index in [4.69, 9.17) is 20.8 Å². The highest BCUT2D eigenvalue weighted by molar-refractivity contribution is 6.31. The number of amides is 1. The second-order valence-corrected chi connectivity index (χ2v) is 7.83. The number of fused-ring (bicyclic) bond motifs is 1. The quantitative estimate of drug-likeness (QED) is 0.789. The van der Waals surface area contributed by atoms with Crippen molar-refractivity contribution in [3.05, 3.63) is 23.2 Å². The molecule has 2 aromatic rings. The van der Waals surface area contributed by atoms with Crippen LogP contribution in [0.4, 0.5) is 6.01 Å². The lowest BCUT2D eigenvalue weighted by Gasteiger charge is -2.31. The zero-order valence-corrected chi connectivity index (χ0v) is 15.9. The Morgan fingerprint density at radius 2 is 2.26 bits per heavy atom. The minimum atomic E-state index is -0.792. The van der Waals surface area contributed by atoms with Gasteiger partial charge in [-0.1, -0.05) is 11.6 Å². The van der Waals surface area contributed by atoms with E-state index in [-0.39, 0.29) is 17.8 Å².